The number of hydrogen-bond donors (Lipinski definition) is 1. The first-order chi connectivity index (χ1) is 10.2. The zero-order chi connectivity index (χ0) is 14.8. The Morgan fingerprint density at radius 1 is 1.43 bits per heavy atom. The number of fused-ring (bicyclic) bond motifs is 1. The first-order valence-electron chi connectivity index (χ1n) is 6.65. The molecule has 0 bridgehead atoms. The molecule has 110 valence electrons. The third kappa shape index (κ3) is 2.86. The third-order valence-electron chi connectivity index (χ3n) is 3.23. The highest BCUT2D eigenvalue weighted by Crippen LogP contribution is 2.29. The number of nitrogens with two attached hydrogens (primary N) is 1. The van der Waals surface area contributed by atoms with E-state index in [1.165, 1.54) is 0 Å². The van der Waals surface area contributed by atoms with Crippen molar-refractivity contribution in [1.29, 1.82) is 0 Å². The standard InChI is InChI=1S/C15H17N3O2S/c1-10(16)13-4-3-12(19-2)7-14(13)20-9-11-8-18-5-6-21-15(18)17-11/h3-8,10H,9,16H2,1-2H3/t10-/m1/s1. The molecular formula is C15H17N3O2S. The second kappa shape index (κ2) is 5.75. The van der Waals surface area contributed by atoms with Crippen LogP contribution < -0.4 is 15.2 Å². The molecule has 1 atom stereocenters. The minimum Gasteiger partial charge on any atom is -0.497 e. The van der Waals surface area contributed by atoms with Crippen molar-refractivity contribution in [2.24, 2.45) is 5.73 Å². The van der Waals surface area contributed by atoms with Crippen molar-refractivity contribution < 1.29 is 9.47 Å². The van der Waals surface area contributed by atoms with E-state index in [9.17, 15) is 0 Å². The summed E-state index contributed by atoms with van der Waals surface area (Å²) in [4.78, 5) is 5.46. The Morgan fingerprint density at radius 2 is 2.29 bits per heavy atom. The van der Waals surface area contributed by atoms with Crippen molar-refractivity contribution in [1.82, 2.24) is 9.38 Å². The SMILES string of the molecule is COc1ccc([C@@H](C)N)c(OCc2cn3ccsc3n2)c1. The highest BCUT2D eigenvalue weighted by atomic mass is 32.1. The number of imidazole rings is 1. The topological polar surface area (TPSA) is 61.8 Å². The Labute approximate surface area is 126 Å². The molecule has 2 heterocycles. The average Bonchev–Trinajstić information content (AvgIpc) is 3.05. The molecule has 3 aromatic rings. The molecule has 0 spiro atoms. The van der Waals surface area contributed by atoms with Crippen LogP contribution in [0.15, 0.2) is 36.0 Å². The van der Waals surface area contributed by atoms with Gasteiger partial charge in [0, 0.05) is 35.4 Å². The third-order valence-corrected chi connectivity index (χ3v) is 4.00. The van der Waals surface area contributed by atoms with Crippen LogP contribution >= 0.6 is 11.3 Å². The number of rotatable bonds is 5. The molecule has 0 aliphatic carbocycles. The van der Waals surface area contributed by atoms with Crippen LogP contribution in [0.2, 0.25) is 0 Å². The summed E-state index contributed by atoms with van der Waals surface area (Å²) < 4.78 is 13.1. The quantitative estimate of drug-likeness (QED) is 0.787. The van der Waals surface area contributed by atoms with E-state index in [0.717, 1.165) is 27.7 Å². The van der Waals surface area contributed by atoms with E-state index in [4.69, 9.17) is 15.2 Å². The van der Waals surface area contributed by atoms with Crippen LogP contribution in [0, 0.1) is 0 Å². The van der Waals surface area contributed by atoms with Crippen molar-refractivity contribution in [2.45, 2.75) is 19.6 Å². The maximum Gasteiger partial charge on any atom is 0.193 e. The van der Waals surface area contributed by atoms with E-state index in [0.29, 0.717) is 6.61 Å². The van der Waals surface area contributed by atoms with Crippen molar-refractivity contribution in [2.75, 3.05) is 7.11 Å². The molecular weight excluding hydrogens is 286 g/mol. The normalized spacial score (nSPS) is 12.5. The van der Waals surface area contributed by atoms with E-state index in [2.05, 4.69) is 4.98 Å². The second-order valence-electron chi connectivity index (χ2n) is 4.81. The summed E-state index contributed by atoms with van der Waals surface area (Å²) in [6, 6.07) is 5.58. The highest BCUT2D eigenvalue weighted by Gasteiger charge is 2.11. The van der Waals surface area contributed by atoms with Gasteiger partial charge in [-0.1, -0.05) is 6.07 Å². The number of hydrogen-bond acceptors (Lipinski definition) is 5. The summed E-state index contributed by atoms with van der Waals surface area (Å²) in [6.07, 6.45) is 3.95. The van der Waals surface area contributed by atoms with Crippen LogP contribution in [0.4, 0.5) is 0 Å². The maximum absolute atomic E-state index is 5.98. The first kappa shape index (κ1) is 13.9. The molecule has 21 heavy (non-hydrogen) atoms. The molecule has 0 amide bonds. The molecule has 0 unspecified atom stereocenters. The predicted octanol–water partition coefficient (Wildman–Crippen LogP) is 3.00. The smallest absolute Gasteiger partial charge is 0.193 e. The molecule has 5 nitrogen and oxygen atoms in total. The number of thiazole rings is 1. The van der Waals surface area contributed by atoms with E-state index >= 15 is 0 Å². The van der Waals surface area contributed by atoms with Gasteiger partial charge < -0.3 is 15.2 Å². The zero-order valence-electron chi connectivity index (χ0n) is 11.9. The van der Waals surface area contributed by atoms with Gasteiger partial charge in [-0.2, -0.15) is 0 Å². The summed E-state index contributed by atoms with van der Waals surface area (Å²) in [7, 11) is 1.63. The van der Waals surface area contributed by atoms with Gasteiger partial charge in [-0.05, 0) is 13.0 Å². The minimum atomic E-state index is -0.101. The van der Waals surface area contributed by atoms with Gasteiger partial charge in [0.2, 0.25) is 0 Å². The predicted molar refractivity (Wildman–Crippen MR) is 83.0 cm³/mol. The number of methoxy groups -OCH3 is 1. The largest absolute Gasteiger partial charge is 0.497 e. The van der Waals surface area contributed by atoms with Crippen LogP contribution in [-0.4, -0.2) is 16.5 Å². The van der Waals surface area contributed by atoms with Crippen LogP contribution in [0.3, 0.4) is 0 Å². The minimum absolute atomic E-state index is 0.101. The van der Waals surface area contributed by atoms with Crippen molar-refractivity contribution in [3.63, 3.8) is 0 Å². The van der Waals surface area contributed by atoms with Crippen molar-refractivity contribution in [3.8, 4) is 11.5 Å². The lowest BCUT2D eigenvalue weighted by atomic mass is 10.1. The number of aromatic nitrogens is 2. The van der Waals surface area contributed by atoms with E-state index in [1.807, 2.05) is 47.3 Å². The summed E-state index contributed by atoms with van der Waals surface area (Å²) in [6.45, 7) is 2.34. The monoisotopic (exact) mass is 303 g/mol. The number of nitrogens with zero attached hydrogens (tertiary/aromatic N) is 2. The molecule has 2 aromatic heterocycles. The average molecular weight is 303 g/mol. The fourth-order valence-electron chi connectivity index (χ4n) is 2.14. The van der Waals surface area contributed by atoms with Gasteiger partial charge in [-0.15, -0.1) is 11.3 Å². The molecule has 0 aliphatic heterocycles. The first-order valence-corrected chi connectivity index (χ1v) is 7.52. The van der Waals surface area contributed by atoms with Gasteiger partial charge in [0.15, 0.2) is 4.96 Å². The fraction of sp³-hybridized carbons (Fsp3) is 0.267. The summed E-state index contributed by atoms with van der Waals surface area (Å²) in [5, 5.41) is 2.00. The van der Waals surface area contributed by atoms with E-state index in [-0.39, 0.29) is 6.04 Å². The molecule has 2 N–H and O–H groups in total. The van der Waals surface area contributed by atoms with Gasteiger partial charge in [0.05, 0.1) is 12.8 Å². The van der Waals surface area contributed by atoms with Gasteiger partial charge in [0.25, 0.3) is 0 Å². The maximum atomic E-state index is 5.98. The van der Waals surface area contributed by atoms with Crippen molar-refractivity contribution in [3.05, 3.63) is 47.2 Å². The highest BCUT2D eigenvalue weighted by molar-refractivity contribution is 7.15. The Balaban J connectivity index is 1.81. The summed E-state index contributed by atoms with van der Waals surface area (Å²) in [5.41, 5.74) is 7.83. The van der Waals surface area contributed by atoms with Crippen LogP contribution in [0.5, 0.6) is 11.5 Å². The Bertz CT molecular complexity index is 720. The second-order valence-corrected chi connectivity index (χ2v) is 5.68. The molecule has 0 radical (unpaired) electrons. The van der Waals surface area contributed by atoms with Crippen LogP contribution in [-0.2, 0) is 6.61 Å². The van der Waals surface area contributed by atoms with Gasteiger partial charge in [0.1, 0.15) is 18.1 Å². The molecule has 0 fully saturated rings. The van der Waals surface area contributed by atoms with Gasteiger partial charge >= 0.3 is 0 Å². The van der Waals surface area contributed by atoms with Gasteiger partial charge in [-0.3, -0.25) is 4.40 Å². The summed E-state index contributed by atoms with van der Waals surface area (Å²) >= 11 is 1.60. The lowest BCUT2D eigenvalue weighted by Gasteiger charge is -2.14. The molecule has 1 aromatic carbocycles. The van der Waals surface area contributed by atoms with E-state index < -0.39 is 0 Å². The molecule has 3 rings (SSSR count). The lowest BCUT2D eigenvalue weighted by molar-refractivity contribution is 0.295. The van der Waals surface area contributed by atoms with Crippen LogP contribution in [0.25, 0.3) is 4.96 Å². The zero-order valence-corrected chi connectivity index (χ0v) is 12.8. The summed E-state index contributed by atoms with van der Waals surface area (Å²) in [5.74, 6) is 1.49. The molecule has 0 saturated heterocycles. The fourth-order valence-corrected chi connectivity index (χ4v) is 2.86. The Kier molecular flexibility index (Phi) is 3.81. The van der Waals surface area contributed by atoms with Crippen molar-refractivity contribution >= 4 is 16.3 Å². The number of benzene rings is 1. The Hall–Kier alpha value is -2.05. The number of ether oxygens (including phenoxy) is 2. The van der Waals surface area contributed by atoms with Crippen LogP contribution in [0.1, 0.15) is 24.2 Å². The Morgan fingerprint density at radius 3 is 3.00 bits per heavy atom. The lowest BCUT2D eigenvalue weighted by Crippen LogP contribution is -2.08. The van der Waals surface area contributed by atoms with E-state index in [1.54, 1.807) is 18.4 Å². The molecule has 0 saturated carbocycles. The van der Waals surface area contributed by atoms with Gasteiger partial charge in [-0.25, -0.2) is 4.98 Å². The molecule has 6 heteroatoms. The molecule has 0 aliphatic rings.